The quantitative estimate of drug-likeness (QED) is 0.621. The molecule has 0 spiro atoms. The summed E-state index contributed by atoms with van der Waals surface area (Å²) in [4.78, 5) is 11.1. The largest absolute Gasteiger partial charge is 0.359 e. The molecule has 3 heterocycles. The first kappa shape index (κ1) is 22.4. The third kappa shape index (κ3) is 4.68. The molecule has 8 nitrogen and oxygen atoms in total. The van der Waals surface area contributed by atoms with Gasteiger partial charge < -0.3 is 4.52 Å². The second kappa shape index (κ2) is 8.29. The van der Waals surface area contributed by atoms with Gasteiger partial charge in [0, 0.05) is 48.6 Å². The first-order valence-corrected chi connectivity index (χ1v) is 12.2. The van der Waals surface area contributed by atoms with Gasteiger partial charge in [-0.25, -0.2) is 18.4 Å². The van der Waals surface area contributed by atoms with Crippen LogP contribution in [0.5, 0.6) is 0 Å². The maximum atomic E-state index is 13.0. The molecule has 2 aromatic heterocycles. The second-order valence-corrected chi connectivity index (χ2v) is 11.0. The smallest absolute Gasteiger partial charge is 0.263 e. The number of fused-ring (bicyclic) bond motifs is 1. The number of anilines is 1. The molecule has 0 bridgehead atoms. The monoisotopic (exact) mass is 455 g/mol. The summed E-state index contributed by atoms with van der Waals surface area (Å²) in [6.07, 6.45) is 4.58. The predicted molar refractivity (Wildman–Crippen MR) is 122 cm³/mol. The van der Waals surface area contributed by atoms with Crippen molar-refractivity contribution in [3.63, 3.8) is 0 Å². The van der Waals surface area contributed by atoms with E-state index in [1.54, 1.807) is 18.2 Å². The highest BCUT2D eigenvalue weighted by Crippen LogP contribution is 2.30. The molecule has 1 aliphatic rings. The van der Waals surface area contributed by atoms with Crippen molar-refractivity contribution >= 4 is 15.8 Å². The van der Waals surface area contributed by atoms with Crippen molar-refractivity contribution in [2.24, 2.45) is 0 Å². The molecule has 0 unspecified atom stereocenters. The van der Waals surface area contributed by atoms with E-state index in [0.717, 1.165) is 29.9 Å². The zero-order valence-electron chi connectivity index (χ0n) is 19.1. The standard InChI is InChI=1S/C23H29N5O3S/c1-15(19-12-24-16(2)25-13-19)28-9-8-17-6-7-20(10-18(17)14-28)32(29,30)27-22-11-21(31-26-22)23(3,4)5/h6-7,10-13,15H,8-9,14H2,1-5H3,(H,26,27)/t15-/m1/s1. The van der Waals surface area contributed by atoms with Crippen LogP contribution in [-0.2, 0) is 28.4 Å². The van der Waals surface area contributed by atoms with Crippen LogP contribution in [0.4, 0.5) is 5.82 Å². The Morgan fingerprint density at radius 3 is 2.50 bits per heavy atom. The third-order valence-electron chi connectivity index (χ3n) is 5.85. The Bertz CT molecular complexity index is 1210. The molecule has 1 aliphatic heterocycles. The van der Waals surface area contributed by atoms with Gasteiger partial charge in [0.05, 0.1) is 4.90 Å². The number of rotatable bonds is 5. The zero-order chi connectivity index (χ0) is 23.1. The number of aryl methyl sites for hydroxylation is 1. The van der Waals surface area contributed by atoms with Gasteiger partial charge in [-0.05, 0) is 43.5 Å². The first-order valence-electron chi connectivity index (χ1n) is 10.7. The van der Waals surface area contributed by atoms with Crippen LogP contribution >= 0.6 is 0 Å². The van der Waals surface area contributed by atoms with Crippen LogP contribution in [0.1, 0.15) is 62.0 Å². The Balaban J connectivity index is 1.53. The van der Waals surface area contributed by atoms with Crippen LogP contribution in [-0.4, -0.2) is 35.0 Å². The fourth-order valence-corrected chi connectivity index (χ4v) is 4.79. The Morgan fingerprint density at radius 1 is 1.12 bits per heavy atom. The molecule has 4 rings (SSSR count). The Kier molecular flexibility index (Phi) is 5.81. The lowest BCUT2D eigenvalue weighted by atomic mass is 9.93. The fraction of sp³-hybridized carbons (Fsp3) is 0.435. The van der Waals surface area contributed by atoms with Crippen LogP contribution in [0.3, 0.4) is 0 Å². The van der Waals surface area contributed by atoms with E-state index in [9.17, 15) is 8.42 Å². The number of nitrogens with zero attached hydrogens (tertiary/aromatic N) is 4. The molecule has 0 fully saturated rings. The van der Waals surface area contributed by atoms with E-state index < -0.39 is 10.0 Å². The highest BCUT2D eigenvalue weighted by Gasteiger charge is 2.26. The lowest BCUT2D eigenvalue weighted by Gasteiger charge is -2.34. The number of hydrogen-bond donors (Lipinski definition) is 1. The molecule has 0 saturated heterocycles. The number of nitrogens with one attached hydrogen (secondary N) is 1. The molecule has 170 valence electrons. The third-order valence-corrected chi connectivity index (χ3v) is 7.20. The summed E-state index contributed by atoms with van der Waals surface area (Å²) >= 11 is 0. The van der Waals surface area contributed by atoms with Crippen molar-refractivity contribution in [3.8, 4) is 0 Å². The molecule has 3 aromatic rings. The van der Waals surface area contributed by atoms with Gasteiger partial charge in [-0.15, -0.1) is 0 Å². The average Bonchev–Trinajstić information content (AvgIpc) is 3.21. The molecule has 0 amide bonds. The van der Waals surface area contributed by atoms with Crippen molar-refractivity contribution in [2.45, 2.75) is 63.9 Å². The molecular weight excluding hydrogens is 426 g/mol. The molecular formula is C23H29N5O3S. The number of hydrogen-bond acceptors (Lipinski definition) is 7. The van der Waals surface area contributed by atoms with Gasteiger partial charge in [0.2, 0.25) is 0 Å². The van der Waals surface area contributed by atoms with E-state index in [-0.39, 0.29) is 22.2 Å². The molecule has 1 N–H and O–H groups in total. The molecule has 1 aromatic carbocycles. The Hall–Kier alpha value is -2.78. The highest BCUT2D eigenvalue weighted by molar-refractivity contribution is 7.92. The summed E-state index contributed by atoms with van der Waals surface area (Å²) in [5.74, 6) is 1.54. The zero-order valence-corrected chi connectivity index (χ0v) is 19.9. The molecule has 0 aliphatic carbocycles. The van der Waals surface area contributed by atoms with E-state index in [1.807, 2.05) is 46.2 Å². The highest BCUT2D eigenvalue weighted by atomic mass is 32.2. The van der Waals surface area contributed by atoms with Crippen molar-refractivity contribution in [3.05, 3.63) is 64.9 Å². The summed E-state index contributed by atoms with van der Waals surface area (Å²) in [5, 5.41) is 3.87. The molecule has 32 heavy (non-hydrogen) atoms. The van der Waals surface area contributed by atoms with Crippen LogP contribution in [0.15, 0.2) is 46.1 Å². The predicted octanol–water partition coefficient (Wildman–Crippen LogP) is 3.99. The first-order chi connectivity index (χ1) is 15.0. The van der Waals surface area contributed by atoms with Gasteiger partial charge in [-0.1, -0.05) is 32.0 Å². The average molecular weight is 456 g/mol. The topological polar surface area (TPSA) is 101 Å². The van der Waals surface area contributed by atoms with Crippen molar-refractivity contribution < 1.29 is 12.9 Å². The lowest BCUT2D eigenvalue weighted by molar-refractivity contribution is 0.191. The van der Waals surface area contributed by atoms with Gasteiger partial charge in [0.25, 0.3) is 10.0 Å². The molecule has 9 heteroatoms. The van der Waals surface area contributed by atoms with Crippen LogP contribution in [0, 0.1) is 6.92 Å². The number of sulfonamides is 1. The van der Waals surface area contributed by atoms with Crippen LogP contribution in [0.25, 0.3) is 0 Å². The van der Waals surface area contributed by atoms with E-state index in [2.05, 4.69) is 31.7 Å². The minimum Gasteiger partial charge on any atom is -0.359 e. The fourth-order valence-electron chi connectivity index (χ4n) is 3.76. The summed E-state index contributed by atoms with van der Waals surface area (Å²) in [7, 11) is -3.78. The summed E-state index contributed by atoms with van der Waals surface area (Å²) in [5.41, 5.74) is 2.97. The maximum absolute atomic E-state index is 13.0. The SMILES string of the molecule is Cc1ncc([C@@H](C)N2CCc3ccc(S(=O)(=O)Nc4cc(C(C)(C)C)on4)cc3C2)cn1. The number of aromatic nitrogens is 3. The van der Waals surface area contributed by atoms with Crippen molar-refractivity contribution in [2.75, 3.05) is 11.3 Å². The Morgan fingerprint density at radius 2 is 1.84 bits per heavy atom. The van der Waals surface area contributed by atoms with Gasteiger partial charge in [0.1, 0.15) is 11.6 Å². The molecule has 1 atom stereocenters. The van der Waals surface area contributed by atoms with Gasteiger partial charge in [0.15, 0.2) is 5.82 Å². The van der Waals surface area contributed by atoms with Gasteiger partial charge in [-0.3, -0.25) is 9.62 Å². The minimum atomic E-state index is -3.78. The molecule has 0 radical (unpaired) electrons. The van der Waals surface area contributed by atoms with E-state index in [0.29, 0.717) is 12.3 Å². The van der Waals surface area contributed by atoms with E-state index in [4.69, 9.17) is 4.52 Å². The second-order valence-electron chi connectivity index (χ2n) is 9.32. The molecule has 0 saturated carbocycles. The summed E-state index contributed by atoms with van der Waals surface area (Å²) in [6, 6.07) is 7.08. The van der Waals surface area contributed by atoms with Crippen LogP contribution < -0.4 is 4.72 Å². The van der Waals surface area contributed by atoms with Gasteiger partial charge in [-0.2, -0.15) is 0 Å². The van der Waals surface area contributed by atoms with E-state index >= 15 is 0 Å². The normalized spacial score (nSPS) is 15.9. The summed E-state index contributed by atoms with van der Waals surface area (Å²) < 4.78 is 33.8. The van der Waals surface area contributed by atoms with Gasteiger partial charge >= 0.3 is 0 Å². The van der Waals surface area contributed by atoms with Crippen molar-refractivity contribution in [1.29, 1.82) is 0 Å². The minimum absolute atomic E-state index is 0.132. The lowest BCUT2D eigenvalue weighted by Crippen LogP contribution is -2.33. The van der Waals surface area contributed by atoms with Crippen LogP contribution in [0.2, 0.25) is 0 Å². The van der Waals surface area contributed by atoms with E-state index in [1.165, 1.54) is 5.56 Å². The maximum Gasteiger partial charge on any atom is 0.263 e. The van der Waals surface area contributed by atoms with Crippen molar-refractivity contribution in [1.82, 2.24) is 20.0 Å². The Labute approximate surface area is 189 Å². The number of benzene rings is 1. The summed E-state index contributed by atoms with van der Waals surface area (Å²) in [6.45, 7) is 11.5.